The highest BCUT2D eigenvalue weighted by atomic mass is 32.2. The number of aliphatic hydroxyl groups excluding tert-OH is 1. The van der Waals surface area contributed by atoms with Crippen LogP contribution in [0.25, 0.3) is 0 Å². The Labute approximate surface area is 129 Å². The molecule has 2 rings (SSSR count). The molecule has 7 heteroatoms. The molecule has 0 aromatic heterocycles. The number of hydrogen-bond acceptors (Lipinski definition) is 4. The van der Waals surface area contributed by atoms with E-state index in [1.54, 1.807) is 16.7 Å². The molecule has 3 atom stereocenters. The van der Waals surface area contributed by atoms with Gasteiger partial charge in [-0.15, -0.1) is 11.8 Å². The fourth-order valence-electron chi connectivity index (χ4n) is 3.19. The van der Waals surface area contributed by atoms with Crippen molar-refractivity contribution in [3.63, 3.8) is 0 Å². The minimum absolute atomic E-state index is 0.0438. The van der Waals surface area contributed by atoms with Gasteiger partial charge in [-0.2, -0.15) is 0 Å². The Bertz CT molecular complexity index is 393. The third-order valence-electron chi connectivity index (χ3n) is 4.27. The van der Waals surface area contributed by atoms with Crippen molar-refractivity contribution in [2.75, 3.05) is 18.9 Å². The number of amides is 2. The largest absolute Gasteiger partial charge is 0.480 e. The molecule has 2 amide bonds. The predicted octanol–water partition coefficient (Wildman–Crippen LogP) is 1.58. The van der Waals surface area contributed by atoms with Crippen LogP contribution in [0.5, 0.6) is 0 Å². The first-order valence-corrected chi connectivity index (χ1v) is 8.69. The first-order chi connectivity index (χ1) is 10.1. The van der Waals surface area contributed by atoms with Crippen molar-refractivity contribution in [1.29, 1.82) is 0 Å². The molecule has 0 saturated carbocycles. The summed E-state index contributed by atoms with van der Waals surface area (Å²) in [7, 11) is 0. The molecule has 2 aliphatic rings. The van der Waals surface area contributed by atoms with E-state index >= 15 is 0 Å². The summed E-state index contributed by atoms with van der Waals surface area (Å²) in [5.74, 6) is -0.452. The van der Waals surface area contributed by atoms with Crippen LogP contribution >= 0.6 is 11.8 Å². The van der Waals surface area contributed by atoms with Gasteiger partial charge in [0.25, 0.3) is 0 Å². The predicted molar refractivity (Wildman–Crippen MR) is 81.2 cm³/mol. The van der Waals surface area contributed by atoms with Crippen molar-refractivity contribution in [3.05, 3.63) is 0 Å². The molecule has 0 bridgehead atoms. The second kappa shape index (κ2) is 7.35. The van der Waals surface area contributed by atoms with E-state index in [9.17, 15) is 14.7 Å². The third kappa shape index (κ3) is 3.45. The maximum absolute atomic E-state index is 12.8. The number of carbonyl (C=O) groups is 2. The van der Waals surface area contributed by atoms with Gasteiger partial charge in [-0.3, -0.25) is 4.90 Å². The zero-order chi connectivity index (χ0) is 15.4. The summed E-state index contributed by atoms with van der Waals surface area (Å²) in [4.78, 5) is 27.6. The fraction of sp³-hybridized carbons (Fsp3) is 0.857. The summed E-state index contributed by atoms with van der Waals surface area (Å²) in [6.07, 6.45) is 4.13. The van der Waals surface area contributed by atoms with Gasteiger partial charge in [0.05, 0.1) is 5.37 Å². The number of carboxylic acids is 1. The van der Waals surface area contributed by atoms with Gasteiger partial charge in [-0.25, -0.2) is 9.59 Å². The Hall–Kier alpha value is -0.950. The lowest BCUT2D eigenvalue weighted by Crippen LogP contribution is -2.52. The molecule has 0 aliphatic carbocycles. The smallest absolute Gasteiger partial charge is 0.327 e. The van der Waals surface area contributed by atoms with Crippen LogP contribution in [-0.4, -0.2) is 68.4 Å². The lowest BCUT2D eigenvalue weighted by Gasteiger charge is -2.34. The fourth-order valence-corrected chi connectivity index (χ4v) is 4.53. The minimum Gasteiger partial charge on any atom is -0.480 e. The number of carboxylic acid groups (broad SMARTS) is 1. The highest BCUT2D eigenvalue weighted by Gasteiger charge is 2.44. The average molecular weight is 316 g/mol. The van der Waals surface area contributed by atoms with Crippen LogP contribution in [0.15, 0.2) is 0 Å². The number of aliphatic hydroxyl groups is 1. The van der Waals surface area contributed by atoms with Gasteiger partial charge in [0.15, 0.2) is 0 Å². The molecule has 0 spiro atoms. The quantitative estimate of drug-likeness (QED) is 0.805. The van der Waals surface area contributed by atoms with Gasteiger partial charge in [-0.05, 0) is 32.1 Å². The first kappa shape index (κ1) is 16.4. The Balaban J connectivity index is 2.10. The van der Waals surface area contributed by atoms with E-state index in [2.05, 4.69) is 0 Å². The van der Waals surface area contributed by atoms with Gasteiger partial charge >= 0.3 is 12.0 Å². The normalized spacial score (nSPS) is 29.1. The second-order valence-corrected chi connectivity index (χ2v) is 6.81. The van der Waals surface area contributed by atoms with Gasteiger partial charge < -0.3 is 15.1 Å². The average Bonchev–Trinajstić information content (AvgIpc) is 3.10. The van der Waals surface area contributed by atoms with Crippen LogP contribution < -0.4 is 0 Å². The van der Waals surface area contributed by atoms with Crippen LogP contribution in [0, 0.1) is 0 Å². The first-order valence-electron chi connectivity index (χ1n) is 7.64. The topological polar surface area (TPSA) is 81.1 Å². The number of aliphatic carboxylic acids is 1. The summed E-state index contributed by atoms with van der Waals surface area (Å²) >= 11 is 1.55. The molecule has 3 unspecified atom stereocenters. The number of nitrogens with zero attached hydrogens (tertiary/aromatic N) is 2. The second-order valence-electron chi connectivity index (χ2n) is 5.60. The molecule has 2 heterocycles. The van der Waals surface area contributed by atoms with Crippen LogP contribution in [0.4, 0.5) is 4.79 Å². The summed E-state index contributed by atoms with van der Waals surface area (Å²) in [5, 5.41) is 18.3. The van der Waals surface area contributed by atoms with Crippen LogP contribution in [0.1, 0.15) is 39.0 Å². The van der Waals surface area contributed by atoms with E-state index in [0.717, 1.165) is 25.7 Å². The molecule has 0 aromatic rings. The minimum atomic E-state index is -0.919. The van der Waals surface area contributed by atoms with Crippen LogP contribution in [0.3, 0.4) is 0 Å². The number of urea groups is 1. The Morgan fingerprint density at radius 1 is 1.38 bits per heavy atom. The van der Waals surface area contributed by atoms with Gasteiger partial charge in [0, 0.05) is 24.9 Å². The number of thioether (sulfide) groups is 1. The molecule has 120 valence electrons. The van der Waals surface area contributed by atoms with Crippen LogP contribution in [-0.2, 0) is 4.79 Å². The van der Waals surface area contributed by atoms with E-state index in [1.165, 1.54) is 0 Å². The van der Waals surface area contributed by atoms with E-state index in [1.807, 2.05) is 11.8 Å². The van der Waals surface area contributed by atoms with Crippen molar-refractivity contribution in [2.45, 2.75) is 56.5 Å². The lowest BCUT2D eigenvalue weighted by molar-refractivity contribution is -0.141. The van der Waals surface area contributed by atoms with E-state index in [4.69, 9.17) is 5.11 Å². The molecule has 21 heavy (non-hydrogen) atoms. The molecule has 2 saturated heterocycles. The Morgan fingerprint density at radius 3 is 2.76 bits per heavy atom. The van der Waals surface area contributed by atoms with Crippen molar-refractivity contribution < 1.29 is 19.8 Å². The molecule has 0 aromatic carbocycles. The van der Waals surface area contributed by atoms with Gasteiger partial charge in [-0.1, -0.05) is 6.92 Å². The highest BCUT2D eigenvalue weighted by molar-refractivity contribution is 8.00. The van der Waals surface area contributed by atoms with E-state index in [0.29, 0.717) is 18.7 Å². The molecule has 6 nitrogen and oxygen atoms in total. The molecule has 2 fully saturated rings. The highest BCUT2D eigenvalue weighted by Crippen LogP contribution is 2.34. The molecule has 2 aliphatic heterocycles. The van der Waals surface area contributed by atoms with Crippen molar-refractivity contribution in [3.8, 4) is 0 Å². The van der Waals surface area contributed by atoms with Gasteiger partial charge in [0.1, 0.15) is 6.04 Å². The van der Waals surface area contributed by atoms with Crippen molar-refractivity contribution in [1.82, 2.24) is 9.80 Å². The molecular weight excluding hydrogens is 292 g/mol. The third-order valence-corrected chi connectivity index (χ3v) is 5.72. The molecule has 2 N–H and O–H groups in total. The van der Waals surface area contributed by atoms with Crippen molar-refractivity contribution >= 4 is 23.8 Å². The van der Waals surface area contributed by atoms with Crippen LogP contribution in [0.2, 0.25) is 0 Å². The van der Waals surface area contributed by atoms with Gasteiger partial charge in [0.2, 0.25) is 0 Å². The maximum Gasteiger partial charge on any atom is 0.327 e. The Morgan fingerprint density at radius 2 is 2.14 bits per heavy atom. The standard InChI is InChI=1S/C14H24N2O4S/c1-2-12-16(11(9-21-12)13(18)19)14(20)15-7-3-5-10(15)6-4-8-17/h10-12,17H,2-9H2,1H3,(H,18,19). The number of likely N-dealkylation sites (tertiary alicyclic amines) is 1. The summed E-state index contributed by atoms with van der Waals surface area (Å²) in [5.41, 5.74) is 0. The van der Waals surface area contributed by atoms with Crippen molar-refractivity contribution in [2.24, 2.45) is 0 Å². The Kier molecular flexibility index (Phi) is 5.75. The zero-order valence-corrected chi connectivity index (χ0v) is 13.2. The van der Waals surface area contributed by atoms with E-state index in [-0.39, 0.29) is 24.1 Å². The zero-order valence-electron chi connectivity index (χ0n) is 12.4. The summed E-state index contributed by atoms with van der Waals surface area (Å²) in [6.45, 7) is 2.81. The van der Waals surface area contributed by atoms with E-state index < -0.39 is 12.0 Å². The monoisotopic (exact) mass is 316 g/mol. The summed E-state index contributed by atoms with van der Waals surface area (Å²) in [6, 6.07) is -0.714. The number of carbonyl (C=O) groups excluding carboxylic acids is 1. The SMILES string of the molecule is CCC1SCC(C(=O)O)N1C(=O)N1CCCC1CCCO. The molecular formula is C14H24N2O4S. The number of rotatable bonds is 5. The summed E-state index contributed by atoms with van der Waals surface area (Å²) < 4.78 is 0. The lowest BCUT2D eigenvalue weighted by atomic mass is 10.1. The maximum atomic E-state index is 12.8. The molecule has 0 radical (unpaired) electrons. The number of hydrogen-bond donors (Lipinski definition) is 2.